The van der Waals surface area contributed by atoms with Crippen molar-refractivity contribution in [1.82, 2.24) is 4.90 Å². The van der Waals surface area contributed by atoms with Gasteiger partial charge in [0.15, 0.2) is 0 Å². The maximum Gasteiger partial charge on any atom is 0.293 e. The van der Waals surface area contributed by atoms with Crippen LogP contribution in [0.15, 0.2) is 23.1 Å². The highest BCUT2D eigenvalue weighted by atomic mass is 35.5. The van der Waals surface area contributed by atoms with E-state index in [4.69, 9.17) is 16.3 Å². The van der Waals surface area contributed by atoms with Gasteiger partial charge in [-0.1, -0.05) is 43.9 Å². The number of carbonyl (C=O) groups is 2. The summed E-state index contributed by atoms with van der Waals surface area (Å²) in [6.45, 7) is 4.59. The lowest BCUT2D eigenvalue weighted by molar-refractivity contribution is -0.123. The van der Waals surface area contributed by atoms with Crippen molar-refractivity contribution >= 4 is 40.6 Å². The Balaban J connectivity index is 1.70. The standard InChI is InChI=1S/C21H26ClNO3S/c1-3-14(2)26-18-10-9-16(11-17(18)22)12-19-20(24)23(21(25)27-19)13-15-7-5-4-6-8-15/h9-12,14-15H,3-8,13H2,1-2H3/b19-12+/t14-/m1/s1. The number of halogens is 1. The van der Waals surface area contributed by atoms with Crippen molar-refractivity contribution in [3.05, 3.63) is 33.7 Å². The van der Waals surface area contributed by atoms with Gasteiger partial charge in [0.25, 0.3) is 11.1 Å². The Kier molecular flexibility index (Phi) is 6.88. The number of imide groups is 1. The van der Waals surface area contributed by atoms with Crippen LogP contribution in [-0.4, -0.2) is 28.7 Å². The molecule has 27 heavy (non-hydrogen) atoms. The first-order valence-corrected chi connectivity index (χ1v) is 10.9. The second-order valence-electron chi connectivity index (χ2n) is 7.32. The molecule has 1 atom stereocenters. The van der Waals surface area contributed by atoms with Crippen LogP contribution in [0.5, 0.6) is 5.75 Å². The van der Waals surface area contributed by atoms with E-state index in [1.165, 1.54) is 24.2 Å². The number of ether oxygens (including phenoxy) is 1. The molecular weight excluding hydrogens is 382 g/mol. The summed E-state index contributed by atoms with van der Waals surface area (Å²) >= 11 is 7.33. The largest absolute Gasteiger partial charge is 0.489 e. The van der Waals surface area contributed by atoms with Gasteiger partial charge in [0.2, 0.25) is 0 Å². The summed E-state index contributed by atoms with van der Waals surface area (Å²) in [5.41, 5.74) is 0.791. The number of nitrogens with zero attached hydrogens (tertiary/aromatic N) is 1. The molecule has 3 rings (SSSR count). The number of hydrogen-bond donors (Lipinski definition) is 0. The number of thioether (sulfide) groups is 1. The summed E-state index contributed by atoms with van der Waals surface area (Å²) in [7, 11) is 0. The van der Waals surface area contributed by atoms with Crippen LogP contribution in [-0.2, 0) is 4.79 Å². The summed E-state index contributed by atoms with van der Waals surface area (Å²) in [4.78, 5) is 26.9. The molecule has 1 aromatic carbocycles. The topological polar surface area (TPSA) is 46.6 Å². The van der Waals surface area contributed by atoms with Crippen LogP contribution in [0.2, 0.25) is 5.02 Å². The minimum atomic E-state index is -0.188. The van der Waals surface area contributed by atoms with E-state index in [9.17, 15) is 9.59 Å². The highest BCUT2D eigenvalue weighted by Crippen LogP contribution is 2.36. The molecule has 1 aliphatic heterocycles. The molecule has 0 N–H and O–H groups in total. The van der Waals surface area contributed by atoms with Crippen molar-refractivity contribution in [1.29, 1.82) is 0 Å². The molecule has 146 valence electrons. The minimum Gasteiger partial charge on any atom is -0.489 e. The minimum absolute atomic E-state index is 0.0876. The molecule has 2 amide bonds. The molecule has 6 heteroatoms. The van der Waals surface area contributed by atoms with E-state index >= 15 is 0 Å². The van der Waals surface area contributed by atoms with Crippen LogP contribution in [0.25, 0.3) is 6.08 Å². The van der Waals surface area contributed by atoms with Gasteiger partial charge in [-0.15, -0.1) is 0 Å². The zero-order chi connectivity index (χ0) is 19.4. The summed E-state index contributed by atoms with van der Waals surface area (Å²) in [5.74, 6) is 0.887. The molecule has 0 spiro atoms. The Morgan fingerprint density at radius 2 is 2.04 bits per heavy atom. The van der Waals surface area contributed by atoms with Crippen LogP contribution in [0.4, 0.5) is 4.79 Å². The first-order valence-electron chi connectivity index (χ1n) is 9.69. The number of amides is 2. The third-order valence-electron chi connectivity index (χ3n) is 5.20. The summed E-state index contributed by atoms with van der Waals surface area (Å²) < 4.78 is 5.77. The van der Waals surface area contributed by atoms with Crippen LogP contribution in [0, 0.1) is 5.92 Å². The normalized spacial score (nSPS) is 21.1. The van der Waals surface area contributed by atoms with Crippen LogP contribution < -0.4 is 4.74 Å². The Hall–Kier alpha value is -1.46. The van der Waals surface area contributed by atoms with Gasteiger partial charge in [0.05, 0.1) is 16.0 Å². The zero-order valence-corrected chi connectivity index (χ0v) is 17.4. The van der Waals surface area contributed by atoms with Gasteiger partial charge in [-0.25, -0.2) is 0 Å². The van der Waals surface area contributed by atoms with Gasteiger partial charge in [-0.3, -0.25) is 14.5 Å². The summed E-state index contributed by atoms with van der Waals surface area (Å²) in [6.07, 6.45) is 8.58. The van der Waals surface area contributed by atoms with Crippen molar-refractivity contribution in [2.75, 3.05) is 6.54 Å². The molecule has 1 saturated carbocycles. The molecule has 0 aromatic heterocycles. The predicted molar refractivity (Wildman–Crippen MR) is 111 cm³/mol. The average molecular weight is 408 g/mol. The molecule has 2 aliphatic rings. The van der Waals surface area contributed by atoms with Gasteiger partial charge in [0.1, 0.15) is 5.75 Å². The third-order valence-corrected chi connectivity index (χ3v) is 6.40. The fourth-order valence-electron chi connectivity index (χ4n) is 3.44. The van der Waals surface area contributed by atoms with Gasteiger partial charge >= 0.3 is 0 Å². The Morgan fingerprint density at radius 1 is 1.30 bits per heavy atom. The molecule has 0 unspecified atom stereocenters. The molecule has 0 radical (unpaired) electrons. The third kappa shape index (κ3) is 5.08. The van der Waals surface area contributed by atoms with Crippen molar-refractivity contribution < 1.29 is 14.3 Å². The molecule has 1 saturated heterocycles. The van der Waals surface area contributed by atoms with Gasteiger partial charge < -0.3 is 4.74 Å². The summed E-state index contributed by atoms with van der Waals surface area (Å²) in [6, 6.07) is 5.44. The second-order valence-corrected chi connectivity index (χ2v) is 8.72. The number of carbonyl (C=O) groups excluding carboxylic acids is 2. The average Bonchev–Trinajstić information content (AvgIpc) is 2.92. The maximum atomic E-state index is 12.7. The van der Waals surface area contributed by atoms with Crippen LogP contribution in [0.1, 0.15) is 57.9 Å². The molecule has 1 aliphatic carbocycles. The fraction of sp³-hybridized carbons (Fsp3) is 0.524. The van der Waals surface area contributed by atoms with Crippen molar-refractivity contribution in [3.8, 4) is 5.75 Å². The van der Waals surface area contributed by atoms with Crippen molar-refractivity contribution in [2.45, 2.75) is 58.5 Å². The lowest BCUT2D eigenvalue weighted by atomic mass is 9.89. The highest BCUT2D eigenvalue weighted by Gasteiger charge is 2.36. The smallest absolute Gasteiger partial charge is 0.293 e. The molecular formula is C21H26ClNO3S. The van der Waals surface area contributed by atoms with Crippen LogP contribution in [0.3, 0.4) is 0 Å². The fourth-order valence-corrected chi connectivity index (χ4v) is 4.52. The van der Waals surface area contributed by atoms with Gasteiger partial charge in [-0.05, 0) is 67.6 Å². The lowest BCUT2D eigenvalue weighted by Gasteiger charge is -2.25. The van der Waals surface area contributed by atoms with E-state index in [-0.39, 0.29) is 17.3 Å². The predicted octanol–water partition coefficient (Wildman–Crippen LogP) is 6.13. The monoisotopic (exact) mass is 407 g/mol. The Morgan fingerprint density at radius 3 is 2.70 bits per heavy atom. The van der Waals surface area contributed by atoms with Crippen molar-refractivity contribution in [2.24, 2.45) is 5.92 Å². The molecule has 1 heterocycles. The second kappa shape index (κ2) is 9.16. The van der Waals surface area contributed by atoms with E-state index in [2.05, 4.69) is 6.92 Å². The SMILES string of the molecule is CC[C@@H](C)Oc1ccc(/C=C2/SC(=O)N(CC3CCCCC3)C2=O)cc1Cl. The number of benzene rings is 1. The number of hydrogen-bond acceptors (Lipinski definition) is 4. The zero-order valence-electron chi connectivity index (χ0n) is 15.9. The lowest BCUT2D eigenvalue weighted by Crippen LogP contribution is -2.34. The van der Waals surface area contributed by atoms with Crippen LogP contribution >= 0.6 is 23.4 Å². The quantitative estimate of drug-likeness (QED) is 0.532. The van der Waals surface area contributed by atoms with Gasteiger partial charge in [-0.2, -0.15) is 0 Å². The first-order chi connectivity index (χ1) is 13.0. The maximum absolute atomic E-state index is 12.7. The molecule has 0 bridgehead atoms. The summed E-state index contributed by atoms with van der Waals surface area (Å²) in [5, 5.41) is 0.338. The molecule has 1 aromatic rings. The highest BCUT2D eigenvalue weighted by molar-refractivity contribution is 8.18. The van der Waals surface area contributed by atoms with Crippen molar-refractivity contribution in [3.63, 3.8) is 0 Å². The molecule has 2 fully saturated rings. The van der Waals surface area contributed by atoms with E-state index in [0.717, 1.165) is 36.6 Å². The van der Waals surface area contributed by atoms with E-state index < -0.39 is 0 Å². The Labute approximate surface area is 170 Å². The number of rotatable bonds is 6. The van der Waals surface area contributed by atoms with E-state index in [0.29, 0.717) is 28.1 Å². The molecule has 4 nitrogen and oxygen atoms in total. The van der Waals surface area contributed by atoms with Gasteiger partial charge in [0, 0.05) is 6.54 Å². The first kappa shape index (κ1) is 20.3. The van der Waals surface area contributed by atoms with E-state index in [1.807, 2.05) is 19.1 Å². The Bertz CT molecular complexity index is 743. The van der Waals surface area contributed by atoms with E-state index in [1.54, 1.807) is 12.1 Å².